The van der Waals surface area contributed by atoms with E-state index in [1.54, 1.807) is 30.1 Å². The summed E-state index contributed by atoms with van der Waals surface area (Å²) in [5.74, 6) is 2.28. The van der Waals surface area contributed by atoms with Crippen LogP contribution in [0.15, 0.2) is 54.6 Å². The lowest BCUT2D eigenvalue weighted by Gasteiger charge is -2.36. The standard InChI is InChI=1S/C22H19N9S/c1-3-16-21-29-26-12-30(21)17-11-24-19(15-10-25-28-18(15)22-23-8-9-32-22)27-20(17)31(16)14-6-4-13(2)5-7-14/h4-12,16H,3H2,1-2H3,(H,25,28). The third kappa shape index (κ3) is 2.83. The highest BCUT2D eigenvalue weighted by Crippen LogP contribution is 2.43. The first-order valence-electron chi connectivity index (χ1n) is 10.3. The Balaban J connectivity index is 1.56. The molecular formula is C22H19N9S. The molecule has 32 heavy (non-hydrogen) atoms. The van der Waals surface area contributed by atoms with Crippen molar-refractivity contribution in [2.24, 2.45) is 0 Å². The van der Waals surface area contributed by atoms with E-state index < -0.39 is 0 Å². The van der Waals surface area contributed by atoms with Gasteiger partial charge in [-0.15, -0.1) is 21.5 Å². The highest BCUT2D eigenvalue weighted by atomic mass is 32.1. The monoisotopic (exact) mass is 441 g/mol. The van der Waals surface area contributed by atoms with Crippen LogP contribution < -0.4 is 4.90 Å². The number of nitrogens with one attached hydrogen (secondary N) is 1. The number of anilines is 2. The average Bonchev–Trinajstić information content (AvgIpc) is 3.59. The number of thiazole rings is 1. The van der Waals surface area contributed by atoms with Crippen molar-refractivity contribution < 1.29 is 0 Å². The van der Waals surface area contributed by atoms with Crippen LogP contribution in [0, 0.1) is 6.92 Å². The number of hydrogen-bond acceptors (Lipinski definition) is 8. The summed E-state index contributed by atoms with van der Waals surface area (Å²) in [6.45, 7) is 4.23. The lowest BCUT2D eigenvalue weighted by atomic mass is 10.1. The molecule has 0 saturated heterocycles. The van der Waals surface area contributed by atoms with Gasteiger partial charge in [0.05, 0.1) is 24.0 Å². The molecule has 1 aliphatic rings. The minimum Gasteiger partial charge on any atom is -0.314 e. The normalized spacial score (nSPS) is 14.9. The van der Waals surface area contributed by atoms with Gasteiger partial charge in [0.2, 0.25) is 0 Å². The van der Waals surface area contributed by atoms with Gasteiger partial charge in [-0.05, 0) is 25.5 Å². The Morgan fingerprint density at radius 2 is 2.00 bits per heavy atom. The Hall–Kier alpha value is -3.92. The van der Waals surface area contributed by atoms with Crippen LogP contribution in [0.3, 0.4) is 0 Å². The first kappa shape index (κ1) is 18.8. The molecule has 5 heterocycles. The second-order valence-electron chi connectivity index (χ2n) is 7.59. The number of fused-ring (bicyclic) bond motifs is 3. The van der Waals surface area contributed by atoms with Gasteiger partial charge in [0, 0.05) is 17.3 Å². The maximum absolute atomic E-state index is 5.04. The maximum atomic E-state index is 5.04. The van der Waals surface area contributed by atoms with Crippen molar-refractivity contribution in [1.82, 2.24) is 39.9 Å². The molecule has 158 valence electrons. The largest absolute Gasteiger partial charge is 0.314 e. The third-order valence-electron chi connectivity index (χ3n) is 5.65. The van der Waals surface area contributed by atoms with Crippen molar-refractivity contribution in [3.8, 4) is 27.8 Å². The molecule has 0 fully saturated rings. The summed E-state index contributed by atoms with van der Waals surface area (Å²) in [6, 6.07) is 8.46. The molecular weight excluding hydrogens is 422 g/mol. The molecule has 4 aromatic heterocycles. The van der Waals surface area contributed by atoms with Crippen molar-refractivity contribution in [2.45, 2.75) is 26.3 Å². The first-order chi connectivity index (χ1) is 15.7. The third-order valence-corrected chi connectivity index (χ3v) is 6.44. The molecule has 0 radical (unpaired) electrons. The zero-order chi connectivity index (χ0) is 21.7. The summed E-state index contributed by atoms with van der Waals surface area (Å²) in [6.07, 6.45) is 7.93. The highest BCUT2D eigenvalue weighted by Gasteiger charge is 2.35. The summed E-state index contributed by atoms with van der Waals surface area (Å²) in [7, 11) is 0. The SMILES string of the molecule is CCC1c2nncn2-c2cnc(-c3cn[nH]c3-c3nccs3)nc2N1c1ccc(C)cc1. The predicted octanol–water partition coefficient (Wildman–Crippen LogP) is 4.48. The van der Waals surface area contributed by atoms with Crippen LogP contribution >= 0.6 is 11.3 Å². The van der Waals surface area contributed by atoms with E-state index >= 15 is 0 Å². The number of aromatic nitrogens is 8. The van der Waals surface area contributed by atoms with Crippen molar-refractivity contribution >= 4 is 22.8 Å². The number of benzene rings is 1. The summed E-state index contributed by atoms with van der Waals surface area (Å²) >= 11 is 1.54. The van der Waals surface area contributed by atoms with Gasteiger partial charge >= 0.3 is 0 Å². The summed E-state index contributed by atoms with van der Waals surface area (Å²) < 4.78 is 1.98. The fraction of sp³-hybridized carbons (Fsp3) is 0.182. The predicted molar refractivity (Wildman–Crippen MR) is 122 cm³/mol. The second-order valence-corrected chi connectivity index (χ2v) is 8.48. The lowest BCUT2D eigenvalue weighted by Crippen LogP contribution is -2.32. The van der Waals surface area contributed by atoms with E-state index in [1.165, 1.54) is 5.56 Å². The molecule has 1 unspecified atom stereocenters. The molecule has 1 aromatic carbocycles. The second kappa shape index (κ2) is 7.34. The van der Waals surface area contributed by atoms with Crippen molar-refractivity contribution in [3.63, 3.8) is 0 Å². The minimum absolute atomic E-state index is 0.00163. The molecule has 0 saturated carbocycles. The zero-order valence-electron chi connectivity index (χ0n) is 17.5. The van der Waals surface area contributed by atoms with Gasteiger partial charge in [-0.3, -0.25) is 9.67 Å². The van der Waals surface area contributed by atoms with E-state index in [0.29, 0.717) is 5.82 Å². The van der Waals surface area contributed by atoms with Crippen molar-refractivity contribution in [1.29, 1.82) is 0 Å². The Labute approximate surface area is 187 Å². The molecule has 5 aromatic rings. The van der Waals surface area contributed by atoms with E-state index in [1.807, 2.05) is 16.1 Å². The Kier molecular flexibility index (Phi) is 4.32. The Morgan fingerprint density at radius 1 is 1.12 bits per heavy atom. The number of aromatic amines is 1. The van der Waals surface area contributed by atoms with Gasteiger partial charge in [-0.25, -0.2) is 15.0 Å². The van der Waals surface area contributed by atoms with Crippen LogP contribution in [0.25, 0.3) is 27.8 Å². The smallest absolute Gasteiger partial charge is 0.165 e. The molecule has 9 nitrogen and oxygen atoms in total. The van der Waals surface area contributed by atoms with E-state index in [0.717, 1.165) is 45.7 Å². The van der Waals surface area contributed by atoms with Crippen molar-refractivity contribution in [2.75, 3.05) is 4.90 Å². The Bertz CT molecular complexity index is 1390. The van der Waals surface area contributed by atoms with Crippen molar-refractivity contribution in [3.05, 3.63) is 66.0 Å². The molecule has 1 atom stereocenters. The molecule has 0 aliphatic carbocycles. The summed E-state index contributed by atoms with van der Waals surface area (Å²) in [5, 5.41) is 18.7. The summed E-state index contributed by atoms with van der Waals surface area (Å²) in [4.78, 5) is 16.4. The van der Waals surface area contributed by atoms with Crippen LogP contribution in [-0.2, 0) is 0 Å². The number of hydrogen-bond donors (Lipinski definition) is 1. The van der Waals surface area contributed by atoms with E-state index in [9.17, 15) is 0 Å². The van der Waals surface area contributed by atoms with Crippen LogP contribution in [0.2, 0.25) is 0 Å². The Morgan fingerprint density at radius 3 is 2.78 bits per heavy atom. The highest BCUT2D eigenvalue weighted by molar-refractivity contribution is 7.13. The fourth-order valence-electron chi connectivity index (χ4n) is 4.10. The molecule has 6 rings (SSSR count). The minimum atomic E-state index is -0.00163. The fourth-order valence-corrected chi connectivity index (χ4v) is 4.75. The van der Waals surface area contributed by atoms with Crippen LogP contribution in [0.4, 0.5) is 11.5 Å². The molecule has 1 aliphatic heterocycles. The van der Waals surface area contributed by atoms with Crippen LogP contribution in [0.1, 0.15) is 30.8 Å². The molecule has 10 heteroatoms. The van der Waals surface area contributed by atoms with E-state index in [-0.39, 0.29) is 6.04 Å². The average molecular weight is 442 g/mol. The number of rotatable bonds is 4. The maximum Gasteiger partial charge on any atom is 0.165 e. The lowest BCUT2D eigenvalue weighted by molar-refractivity contribution is 0.590. The molecule has 0 amide bonds. The van der Waals surface area contributed by atoms with Gasteiger partial charge in [-0.2, -0.15) is 5.10 Å². The molecule has 0 spiro atoms. The van der Waals surface area contributed by atoms with E-state index in [2.05, 4.69) is 73.4 Å². The number of aryl methyl sites for hydroxylation is 1. The zero-order valence-corrected chi connectivity index (χ0v) is 18.3. The van der Waals surface area contributed by atoms with Gasteiger partial charge in [0.1, 0.15) is 22.7 Å². The molecule has 1 N–H and O–H groups in total. The van der Waals surface area contributed by atoms with E-state index in [4.69, 9.17) is 4.98 Å². The van der Waals surface area contributed by atoms with Gasteiger partial charge < -0.3 is 4.90 Å². The van der Waals surface area contributed by atoms with Gasteiger partial charge in [-0.1, -0.05) is 24.6 Å². The first-order valence-corrected chi connectivity index (χ1v) is 11.2. The van der Waals surface area contributed by atoms with Crippen LogP contribution in [0.5, 0.6) is 0 Å². The molecule has 0 bridgehead atoms. The van der Waals surface area contributed by atoms with Gasteiger partial charge in [0.15, 0.2) is 17.5 Å². The van der Waals surface area contributed by atoms with Gasteiger partial charge in [0.25, 0.3) is 0 Å². The topological polar surface area (TPSA) is 101 Å². The quantitative estimate of drug-likeness (QED) is 0.439. The van der Waals surface area contributed by atoms with Crippen LogP contribution in [-0.4, -0.2) is 39.9 Å². The number of nitrogens with zero attached hydrogens (tertiary/aromatic N) is 8. The number of H-pyrrole nitrogens is 1. The summed E-state index contributed by atoms with van der Waals surface area (Å²) in [5.41, 5.74) is 4.73.